The van der Waals surface area contributed by atoms with Gasteiger partial charge in [0.2, 0.25) is 0 Å². The van der Waals surface area contributed by atoms with Crippen LogP contribution in [0.3, 0.4) is 0 Å². The molecule has 0 amide bonds. The van der Waals surface area contributed by atoms with Gasteiger partial charge in [0.15, 0.2) is 0 Å². The van der Waals surface area contributed by atoms with E-state index in [2.05, 4.69) is 0 Å². The lowest BCUT2D eigenvalue weighted by Gasteiger charge is -2.25. The van der Waals surface area contributed by atoms with Gasteiger partial charge in [-0.05, 0) is 11.1 Å². The Morgan fingerprint density at radius 3 is 1.06 bits per heavy atom. The minimum Gasteiger partial charge on any atom is -0.0533 e. The molecule has 17 heavy (non-hydrogen) atoms. The predicted octanol–water partition coefficient (Wildman–Crippen LogP) is 5.49. The van der Waals surface area contributed by atoms with Crippen LogP contribution in [0.15, 0.2) is 0 Å². The summed E-state index contributed by atoms with van der Waals surface area (Å²) in [6.07, 6.45) is 21.7. The molecule has 0 aromatic heterocycles. The standard InChI is InChI=1S/C16H31Si/c1-3-7-11-15(12-8-4-1)17-16-13-9-5-2-6-10-14-16/h15-17H,1-14H2. The Morgan fingerprint density at radius 2 is 0.706 bits per heavy atom. The SMILES string of the molecule is C1CCCC([SiH]C2CCCCCCC2)CCC1. The van der Waals surface area contributed by atoms with E-state index in [0.717, 1.165) is 9.52 Å². The molecule has 0 bridgehead atoms. The van der Waals surface area contributed by atoms with Gasteiger partial charge in [-0.2, -0.15) is 0 Å². The molecule has 0 heterocycles. The van der Waals surface area contributed by atoms with Crippen LogP contribution in [0.2, 0.25) is 11.1 Å². The second-order valence-corrected chi connectivity index (χ2v) is 8.67. The van der Waals surface area contributed by atoms with E-state index in [1.54, 1.807) is 51.4 Å². The maximum Gasteiger partial charge on any atom is 0.0346 e. The van der Waals surface area contributed by atoms with Crippen molar-refractivity contribution in [1.82, 2.24) is 0 Å². The van der Waals surface area contributed by atoms with Crippen molar-refractivity contribution in [2.24, 2.45) is 0 Å². The van der Waals surface area contributed by atoms with Crippen LogP contribution in [0.5, 0.6) is 0 Å². The molecule has 0 aliphatic heterocycles. The molecule has 0 spiro atoms. The third-order valence-corrected chi connectivity index (χ3v) is 7.27. The fourth-order valence-electron chi connectivity index (χ4n) is 3.75. The highest BCUT2D eigenvalue weighted by atomic mass is 28.2. The monoisotopic (exact) mass is 251 g/mol. The molecule has 0 aromatic rings. The first-order chi connectivity index (χ1) is 8.45. The number of hydrogen-bond donors (Lipinski definition) is 0. The van der Waals surface area contributed by atoms with Gasteiger partial charge in [-0.25, -0.2) is 0 Å². The van der Waals surface area contributed by atoms with Gasteiger partial charge in [-0.1, -0.05) is 89.9 Å². The zero-order valence-corrected chi connectivity index (χ0v) is 12.8. The highest BCUT2D eigenvalue weighted by Crippen LogP contribution is 2.34. The fraction of sp³-hybridized carbons (Fsp3) is 1.00. The second-order valence-electron chi connectivity index (χ2n) is 6.40. The summed E-state index contributed by atoms with van der Waals surface area (Å²) in [5.74, 6) is 0. The molecular weight excluding hydrogens is 220 g/mol. The van der Waals surface area contributed by atoms with Gasteiger partial charge in [0, 0.05) is 9.52 Å². The van der Waals surface area contributed by atoms with Gasteiger partial charge in [0.25, 0.3) is 0 Å². The molecular formula is C16H31Si. The fourth-order valence-corrected chi connectivity index (χ4v) is 6.23. The summed E-state index contributed by atoms with van der Waals surface area (Å²) in [5.41, 5.74) is 2.36. The van der Waals surface area contributed by atoms with Crippen molar-refractivity contribution in [3.8, 4) is 0 Å². The number of hydrogen-bond acceptors (Lipinski definition) is 0. The smallest absolute Gasteiger partial charge is 0.0346 e. The van der Waals surface area contributed by atoms with E-state index in [-0.39, 0.29) is 0 Å². The van der Waals surface area contributed by atoms with Crippen LogP contribution in [0.25, 0.3) is 0 Å². The largest absolute Gasteiger partial charge is 0.0533 e. The Bertz CT molecular complexity index is 154. The predicted molar refractivity (Wildman–Crippen MR) is 79.3 cm³/mol. The molecule has 2 rings (SSSR count). The summed E-state index contributed by atoms with van der Waals surface area (Å²) < 4.78 is 0. The maximum atomic E-state index is 1.59. The topological polar surface area (TPSA) is 0 Å². The van der Waals surface area contributed by atoms with Crippen molar-refractivity contribution in [3.05, 3.63) is 0 Å². The molecule has 0 atom stereocenters. The van der Waals surface area contributed by atoms with Crippen LogP contribution < -0.4 is 0 Å². The van der Waals surface area contributed by atoms with E-state index in [1.807, 2.05) is 0 Å². The van der Waals surface area contributed by atoms with Gasteiger partial charge in [0.05, 0.1) is 0 Å². The second kappa shape index (κ2) is 8.34. The van der Waals surface area contributed by atoms with Gasteiger partial charge in [0.1, 0.15) is 0 Å². The van der Waals surface area contributed by atoms with Crippen molar-refractivity contribution in [2.45, 2.75) is 101 Å². The van der Waals surface area contributed by atoms with Crippen LogP contribution >= 0.6 is 0 Å². The minimum absolute atomic E-state index is 0.780. The normalized spacial score (nSPS) is 26.8. The van der Waals surface area contributed by atoms with E-state index in [1.165, 1.54) is 49.6 Å². The Hall–Kier alpha value is 0.217. The quantitative estimate of drug-likeness (QED) is 0.569. The van der Waals surface area contributed by atoms with Gasteiger partial charge in [-0.15, -0.1) is 0 Å². The molecule has 2 fully saturated rings. The summed E-state index contributed by atoms with van der Waals surface area (Å²) in [7, 11) is 0.780. The first-order valence-electron chi connectivity index (χ1n) is 8.30. The molecule has 0 N–H and O–H groups in total. The van der Waals surface area contributed by atoms with Crippen LogP contribution in [-0.2, 0) is 0 Å². The molecule has 0 aromatic carbocycles. The highest BCUT2D eigenvalue weighted by molar-refractivity contribution is 6.39. The average molecular weight is 252 g/mol. The molecule has 0 unspecified atom stereocenters. The molecule has 2 aliphatic rings. The summed E-state index contributed by atoms with van der Waals surface area (Å²) in [6.45, 7) is 0. The molecule has 2 saturated carbocycles. The summed E-state index contributed by atoms with van der Waals surface area (Å²) >= 11 is 0. The van der Waals surface area contributed by atoms with Gasteiger partial charge in [-0.3, -0.25) is 0 Å². The van der Waals surface area contributed by atoms with Crippen molar-refractivity contribution >= 4 is 9.52 Å². The Kier molecular flexibility index (Phi) is 6.69. The average Bonchev–Trinajstić information content (AvgIpc) is 2.24. The molecule has 99 valence electrons. The van der Waals surface area contributed by atoms with Crippen LogP contribution in [-0.4, -0.2) is 9.52 Å². The van der Waals surface area contributed by atoms with Gasteiger partial charge < -0.3 is 0 Å². The van der Waals surface area contributed by atoms with E-state index in [0.29, 0.717) is 0 Å². The first-order valence-corrected chi connectivity index (χ1v) is 9.63. The van der Waals surface area contributed by atoms with E-state index >= 15 is 0 Å². The minimum atomic E-state index is 0.780. The lowest BCUT2D eigenvalue weighted by molar-refractivity contribution is 0.477. The van der Waals surface area contributed by atoms with Crippen molar-refractivity contribution in [3.63, 3.8) is 0 Å². The molecule has 0 nitrogen and oxygen atoms in total. The lowest BCUT2D eigenvalue weighted by Crippen LogP contribution is -2.14. The van der Waals surface area contributed by atoms with Crippen molar-refractivity contribution in [1.29, 1.82) is 0 Å². The van der Waals surface area contributed by atoms with E-state index in [4.69, 9.17) is 0 Å². The molecule has 0 saturated heterocycles. The van der Waals surface area contributed by atoms with Crippen LogP contribution in [0.4, 0.5) is 0 Å². The third kappa shape index (κ3) is 5.59. The Morgan fingerprint density at radius 1 is 0.412 bits per heavy atom. The van der Waals surface area contributed by atoms with Crippen LogP contribution in [0.1, 0.15) is 89.9 Å². The lowest BCUT2D eigenvalue weighted by atomic mass is 10.00. The summed E-state index contributed by atoms with van der Waals surface area (Å²) in [6, 6.07) is 0. The van der Waals surface area contributed by atoms with Crippen LogP contribution in [0, 0.1) is 0 Å². The highest BCUT2D eigenvalue weighted by Gasteiger charge is 2.19. The molecule has 2 aliphatic carbocycles. The maximum absolute atomic E-state index is 1.59. The van der Waals surface area contributed by atoms with E-state index in [9.17, 15) is 0 Å². The summed E-state index contributed by atoms with van der Waals surface area (Å²) in [5, 5.41) is 0. The summed E-state index contributed by atoms with van der Waals surface area (Å²) in [4.78, 5) is 0. The Balaban J connectivity index is 1.72. The zero-order chi connectivity index (χ0) is 11.8. The van der Waals surface area contributed by atoms with Crippen molar-refractivity contribution in [2.75, 3.05) is 0 Å². The molecule has 1 radical (unpaired) electrons. The number of rotatable bonds is 2. The zero-order valence-electron chi connectivity index (χ0n) is 11.6. The van der Waals surface area contributed by atoms with Crippen molar-refractivity contribution < 1.29 is 0 Å². The Labute approximate surface area is 111 Å². The molecule has 1 heteroatoms. The van der Waals surface area contributed by atoms with Gasteiger partial charge >= 0.3 is 0 Å². The third-order valence-electron chi connectivity index (χ3n) is 4.84. The van der Waals surface area contributed by atoms with E-state index < -0.39 is 0 Å². The first kappa shape index (κ1) is 13.6.